The van der Waals surface area contributed by atoms with Crippen molar-refractivity contribution in [1.29, 1.82) is 0 Å². The van der Waals surface area contributed by atoms with Crippen LogP contribution in [0.4, 0.5) is 15.8 Å². The summed E-state index contributed by atoms with van der Waals surface area (Å²) in [5, 5.41) is 22.4. The van der Waals surface area contributed by atoms with Gasteiger partial charge in [0, 0.05) is 18.2 Å². The second-order valence-electron chi connectivity index (χ2n) is 4.04. The lowest BCUT2D eigenvalue weighted by molar-refractivity contribution is -0.384. The highest BCUT2D eigenvalue weighted by Gasteiger charge is 2.15. The van der Waals surface area contributed by atoms with Crippen LogP contribution < -0.4 is 5.32 Å². The van der Waals surface area contributed by atoms with Crippen molar-refractivity contribution in [2.24, 2.45) is 0 Å². The van der Waals surface area contributed by atoms with Gasteiger partial charge in [0.1, 0.15) is 11.6 Å². The molecule has 0 aliphatic heterocycles. The number of nitro benzene ring substituents is 1. The molecule has 0 heterocycles. The number of hydrogen-bond acceptors (Lipinski definition) is 4. The average Bonchev–Trinajstić information content (AvgIpc) is 2.40. The molecule has 0 aliphatic carbocycles. The summed E-state index contributed by atoms with van der Waals surface area (Å²) < 4.78 is 12.8. The summed E-state index contributed by atoms with van der Waals surface area (Å²) in [6, 6.07) is 6.45. The fourth-order valence-corrected chi connectivity index (χ4v) is 1.83. The minimum atomic E-state index is -0.719. The lowest BCUT2D eigenvalue weighted by atomic mass is 10.1. The number of halogens is 2. The van der Waals surface area contributed by atoms with E-state index in [0.717, 1.165) is 24.3 Å². The van der Waals surface area contributed by atoms with E-state index in [9.17, 15) is 24.4 Å². The Morgan fingerprint density at radius 1 is 1.29 bits per heavy atom. The van der Waals surface area contributed by atoms with Gasteiger partial charge < -0.3 is 10.4 Å². The normalized spacial score (nSPS) is 10.2. The van der Waals surface area contributed by atoms with Gasteiger partial charge in [-0.05, 0) is 18.2 Å². The summed E-state index contributed by atoms with van der Waals surface area (Å²) in [7, 11) is 0. The molecule has 2 N–H and O–H groups in total. The molecular formula is C13H8ClFN2O4. The number of nitrogens with one attached hydrogen (secondary N) is 1. The predicted octanol–water partition coefficient (Wildman–Crippen LogP) is 3.35. The number of phenolic OH excluding ortho intramolecular Hbond substituents is 1. The molecule has 0 fully saturated rings. The van der Waals surface area contributed by atoms with Crippen LogP contribution in [-0.2, 0) is 0 Å². The Balaban J connectivity index is 2.25. The first-order valence-electron chi connectivity index (χ1n) is 5.62. The Hall–Kier alpha value is -2.67. The molecule has 0 unspecified atom stereocenters. The number of anilines is 1. The topological polar surface area (TPSA) is 92.5 Å². The van der Waals surface area contributed by atoms with Crippen molar-refractivity contribution in [3.8, 4) is 5.75 Å². The average molecular weight is 311 g/mol. The largest absolute Gasteiger partial charge is 0.507 e. The number of benzene rings is 2. The van der Waals surface area contributed by atoms with Crippen molar-refractivity contribution >= 4 is 28.9 Å². The molecule has 2 rings (SSSR count). The highest BCUT2D eigenvalue weighted by molar-refractivity contribution is 6.34. The summed E-state index contributed by atoms with van der Waals surface area (Å²) >= 11 is 5.83. The van der Waals surface area contributed by atoms with Gasteiger partial charge >= 0.3 is 0 Å². The minimum absolute atomic E-state index is 0.0286. The van der Waals surface area contributed by atoms with Gasteiger partial charge in [-0.2, -0.15) is 0 Å². The third-order valence-corrected chi connectivity index (χ3v) is 2.93. The highest BCUT2D eigenvalue weighted by Crippen LogP contribution is 2.28. The molecular weight excluding hydrogens is 303 g/mol. The Morgan fingerprint density at radius 3 is 2.57 bits per heavy atom. The Morgan fingerprint density at radius 2 is 2.00 bits per heavy atom. The first-order chi connectivity index (χ1) is 9.88. The van der Waals surface area contributed by atoms with Crippen molar-refractivity contribution < 1.29 is 19.2 Å². The smallest absolute Gasteiger partial charge is 0.271 e. The van der Waals surface area contributed by atoms with Crippen LogP contribution in [0.25, 0.3) is 0 Å². The van der Waals surface area contributed by atoms with E-state index >= 15 is 0 Å². The predicted molar refractivity (Wildman–Crippen MR) is 74.1 cm³/mol. The third kappa shape index (κ3) is 3.26. The molecule has 21 heavy (non-hydrogen) atoms. The van der Waals surface area contributed by atoms with Crippen LogP contribution in [0.15, 0.2) is 36.4 Å². The van der Waals surface area contributed by atoms with E-state index in [-0.39, 0.29) is 22.0 Å². The molecule has 0 bridgehead atoms. The molecule has 8 heteroatoms. The molecule has 2 aromatic carbocycles. The fourth-order valence-electron chi connectivity index (χ4n) is 1.61. The molecule has 0 saturated heterocycles. The summed E-state index contributed by atoms with van der Waals surface area (Å²) in [5.74, 6) is -1.92. The molecule has 0 saturated carbocycles. The van der Waals surface area contributed by atoms with Crippen molar-refractivity contribution in [3.63, 3.8) is 0 Å². The van der Waals surface area contributed by atoms with Gasteiger partial charge in [-0.1, -0.05) is 11.6 Å². The van der Waals surface area contributed by atoms with E-state index < -0.39 is 22.4 Å². The molecule has 0 aromatic heterocycles. The zero-order valence-corrected chi connectivity index (χ0v) is 11.1. The Bertz CT molecular complexity index is 736. The number of rotatable bonds is 3. The van der Waals surface area contributed by atoms with Crippen LogP contribution in [0.3, 0.4) is 0 Å². The molecule has 1 amide bonds. The second-order valence-corrected chi connectivity index (χ2v) is 4.44. The number of nitrogens with zero attached hydrogens (tertiary/aromatic N) is 1. The number of carbonyl (C=O) groups excluding carboxylic acids is 1. The maximum Gasteiger partial charge on any atom is 0.271 e. The summed E-state index contributed by atoms with van der Waals surface area (Å²) in [5.41, 5.74) is -0.232. The number of non-ortho nitro benzene ring substituents is 1. The monoisotopic (exact) mass is 310 g/mol. The quantitative estimate of drug-likeness (QED) is 0.671. The summed E-state index contributed by atoms with van der Waals surface area (Å²) in [6.45, 7) is 0. The number of aromatic hydroxyl groups is 1. The van der Waals surface area contributed by atoms with Gasteiger partial charge in [0.25, 0.3) is 11.6 Å². The standard InChI is InChI=1S/C13H8ClFN2O4/c14-10-6-8(17(20)21)2-4-11(10)16-13(19)9-3-1-7(15)5-12(9)18/h1-6,18H,(H,16,19). The maximum atomic E-state index is 12.8. The van der Waals surface area contributed by atoms with Crippen LogP contribution >= 0.6 is 11.6 Å². The zero-order valence-electron chi connectivity index (χ0n) is 10.3. The lowest BCUT2D eigenvalue weighted by Crippen LogP contribution is -2.12. The van der Waals surface area contributed by atoms with Crippen LogP contribution in [0.5, 0.6) is 5.75 Å². The number of carbonyl (C=O) groups is 1. The van der Waals surface area contributed by atoms with E-state index in [1.165, 1.54) is 12.1 Å². The zero-order chi connectivity index (χ0) is 15.6. The summed E-state index contributed by atoms with van der Waals surface area (Å²) in [4.78, 5) is 21.9. The first kappa shape index (κ1) is 14.7. The number of phenols is 1. The van der Waals surface area contributed by atoms with Gasteiger partial charge in [0.05, 0.1) is 21.2 Å². The van der Waals surface area contributed by atoms with Gasteiger partial charge in [0.15, 0.2) is 0 Å². The van der Waals surface area contributed by atoms with Crippen molar-refractivity contribution in [2.75, 3.05) is 5.32 Å². The van der Waals surface area contributed by atoms with Gasteiger partial charge in [-0.25, -0.2) is 4.39 Å². The second kappa shape index (κ2) is 5.76. The van der Waals surface area contributed by atoms with Crippen molar-refractivity contribution in [1.82, 2.24) is 0 Å². The molecule has 0 aliphatic rings. The van der Waals surface area contributed by atoms with Crippen LogP contribution in [0.2, 0.25) is 5.02 Å². The minimum Gasteiger partial charge on any atom is -0.507 e. The number of hydrogen-bond donors (Lipinski definition) is 2. The van der Waals surface area contributed by atoms with Crippen molar-refractivity contribution in [3.05, 3.63) is 62.9 Å². The Labute approximate surface area is 122 Å². The molecule has 0 spiro atoms. The molecule has 0 radical (unpaired) electrons. The van der Waals surface area contributed by atoms with E-state index in [4.69, 9.17) is 11.6 Å². The molecule has 2 aromatic rings. The van der Waals surface area contributed by atoms with Gasteiger partial charge in [-0.3, -0.25) is 14.9 Å². The van der Waals surface area contributed by atoms with Gasteiger partial charge in [-0.15, -0.1) is 0 Å². The SMILES string of the molecule is O=C(Nc1ccc([N+](=O)[O-])cc1Cl)c1ccc(F)cc1O. The van der Waals surface area contributed by atoms with Crippen molar-refractivity contribution in [2.45, 2.75) is 0 Å². The van der Waals surface area contributed by atoms with Gasteiger partial charge in [0.2, 0.25) is 0 Å². The Kier molecular flexibility index (Phi) is 4.04. The lowest BCUT2D eigenvalue weighted by Gasteiger charge is -2.08. The van der Waals surface area contributed by atoms with E-state index in [1.807, 2.05) is 0 Å². The van der Waals surface area contributed by atoms with Crippen LogP contribution in [-0.4, -0.2) is 15.9 Å². The van der Waals surface area contributed by atoms with Crippen LogP contribution in [0.1, 0.15) is 10.4 Å². The molecule has 108 valence electrons. The van der Waals surface area contributed by atoms with Crippen LogP contribution in [0, 0.1) is 15.9 Å². The summed E-state index contributed by atoms with van der Waals surface area (Å²) in [6.07, 6.45) is 0. The molecule has 0 atom stereocenters. The number of amides is 1. The maximum absolute atomic E-state index is 12.8. The van der Waals surface area contributed by atoms with E-state index in [1.54, 1.807) is 0 Å². The third-order valence-electron chi connectivity index (χ3n) is 2.62. The highest BCUT2D eigenvalue weighted by atomic mass is 35.5. The van der Waals surface area contributed by atoms with E-state index in [2.05, 4.69) is 5.32 Å². The fraction of sp³-hybridized carbons (Fsp3) is 0. The van der Waals surface area contributed by atoms with E-state index in [0.29, 0.717) is 0 Å². The molecule has 6 nitrogen and oxygen atoms in total. The number of nitro groups is 1. The first-order valence-corrected chi connectivity index (χ1v) is 6.00.